The number of aliphatic hydroxyl groups is 1. The van der Waals surface area contributed by atoms with Crippen molar-refractivity contribution in [2.75, 3.05) is 12.5 Å². The molecule has 0 saturated heterocycles. The Morgan fingerprint density at radius 2 is 2.09 bits per heavy atom. The van der Waals surface area contributed by atoms with Gasteiger partial charge in [0, 0.05) is 0 Å². The minimum absolute atomic E-state index is 0.316. The van der Waals surface area contributed by atoms with E-state index < -0.39 is 24.5 Å². The number of hydrogen-bond acceptors (Lipinski definition) is 3. The average Bonchev–Trinajstić information content (AvgIpc) is 1.99. The number of carboxylic acid groups (broad SMARTS) is 1. The lowest BCUT2D eigenvalue weighted by Crippen LogP contribution is -2.43. The van der Waals surface area contributed by atoms with E-state index in [-0.39, 0.29) is 5.88 Å². The van der Waals surface area contributed by atoms with Crippen LogP contribution in [0.2, 0.25) is 0 Å². The number of nitrogens with one attached hydrogen (secondary N) is 1. The van der Waals surface area contributed by atoms with Gasteiger partial charge in [0.05, 0.1) is 6.61 Å². The number of amides is 1. The van der Waals surface area contributed by atoms with Crippen molar-refractivity contribution < 1.29 is 19.8 Å². The van der Waals surface area contributed by atoms with Gasteiger partial charge >= 0.3 is 5.97 Å². The molecule has 0 bridgehead atoms. The Labute approximate surface area is 68.0 Å². The van der Waals surface area contributed by atoms with Gasteiger partial charge in [0.2, 0.25) is 5.91 Å². The van der Waals surface area contributed by atoms with E-state index in [1.165, 1.54) is 0 Å². The highest BCUT2D eigenvalue weighted by Gasteiger charge is 2.17. The lowest BCUT2D eigenvalue weighted by Gasteiger charge is -2.09. The number of carboxylic acids is 1. The number of hydrogen-bond donors (Lipinski definition) is 3. The molecule has 64 valence electrons. The monoisotopic (exact) mass is 181 g/mol. The molecule has 0 aliphatic heterocycles. The van der Waals surface area contributed by atoms with E-state index in [0.717, 1.165) is 0 Å². The Morgan fingerprint density at radius 3 is 2.36 bits per heavy atom. The van der Waals surface area contributed by atoms with Crippen molar-refractivity contribution in [3.63, 3.8) is 0 Å². The first-order chi connectivity index (χ1) is 5.11. The molecule has 0 aliphatic rings. The average molecular weight is 182 g/mol. The van der Waals surface area contributed by atoms with Gasteiger partial charge < -0.3 is 15.5 Å². The lowest BCUT2D eigenvalue weighted by atomic mass is 10.3. The fourth-order valence-corrected chi connectivity index (χ4v) is 0.496. The van der Waals surface area contributed by atoms with Gasteiger partial charge in [0.15, 0.2) is 0 Å². The summed E-state index contributed by atoms with van der Waals surface area (Å²) in [6, 6.07) is -1.26. The summed E-state index contributed by atoms with van der Waals surface area (Å²) in [5, 5.41) is 18.7. The summed E-state index contributed by atoms with van der Waals surface area (Å²) in [5.41, 5.74) is 0. The van der Waals surface area contributed by atoms with Crippen LogP contribution in [0.5, 0.6) is 0 Å². The van der Waals surface area contributed by atoms with E-state index in [2.05, 4.69) is 0 Å². The van der Waals surface area contributed by atoms with E-state index in [0.29, 0.717) is 0 Å². The van der Waals surface area contributed by atoms with Gasteiger partial charge in [-0.3, -0.25) is 4.79 Å². The number of carbonyl (C=O) groups excluding carboxylic acids is 1. The Bertz CT molecular complexity index is 161. The molecule has 0 aromatic carbocycles. The maximum absolute atomic E-state index is 10.5. The fraction of sp³-hybridized carbons (Fsp3) is 0.600. The number of aliphatic carboxylic acids is 1. The number of halogens is 1. The van der Waals surface area contributed by atoms with Gasteiger partial charge in [-0.15, -0.1) is 11.6 Å². The van der Waals surface area contributed by atoms with Crippen molar-refractivity contribution in [2.24, 2.45) is 0 Å². The van der Waals surface area contributed by atoms with Crippen molar-refractivity contribution in [1.29, 1.82) is 0 Å². The molecule has 0 unspecified atom stereocenters. The minimum atomic E-state index is -1.29. The molecule has 0 spiro atoms. The van der Waals surface area contributed by atoms with Gasteiger partial charge in [0.25, 0.3) is 0 Å². The molecule has 0 aromatic heterocycles. The molecule has 0 radical (unpaired) electrons. The maximum atomic E-state index is 10.5. The third-order valence-electron chi connectivity index (χ3n) is 0.937. The lowest BCUT2D eigenvalue weighted by molar-refractivity contribution is -0.142. The SMILES string of the molecule is O=C(CCl)N[C@H](CO)C(=O)O. The first kappa shape index (κ1) is 10.2. The molecule has 1 amide bonds. The first-order valence-corrected chi connectivity index (χ1v) is 3.34. The second kappa shape index (κ2) is 4.92. The molecule has 0 aromatic rings. The van der Waals surface area contributed by atoms with Gasteiger partial charge in [-0.05, 0) is 0 Å². The highest BCUT2D eigenvalue weighted by atomic mass is 35.5. The van der Waals surface area contributed by atoms with Gasteiger partial charge in [-0.25, -0.2) is 4.79 Å². The predicted molar refractivity (Wildman–Crippen MR) is 37.4 cm³/mol. The summed E-state index contributed by atoms with van der Waals surface area (Å²) in [5.74, 6) is -2.22. The van der Waals surface area contributed by atoms with E-state index in [9.17, 15) is 9.59 Å². The molecule has 0 heterocycles. The topological polar surface area (TPSA) is 86.6 Å². The molecular formula is C5H8ClNO4. The molecule has 0 aliphatic carbocycles. The van der Waals surface area contributed by atoms with Crippen molar-refractivity contribution >= 4 is 23.5 Å². The largest absolute Gasteiger partial charge is 0.480 e. The molecule has 0 saturated carbocycles. The Kier molecular flexibility index (Phi) is 4.56. The molecule has 1 atom stereocenters. The zero-order valence-electron chi connectivity index (χ0n) is 5.58. The maximum Gasteiger partial charge on any atom is 0.328 e. The van der Waals surface area contributed by atoms with Crippen LogP contribution in [0.3, 0.4) is 0 Å². The minimum Gasteiger partial charge on any atom is -0.480 e. The Balaban J connectivity index is 3.88. The van der Waals surface area contributed by atoms with Crippen molar-refractivity contribution in [2.45, 2.75) is 6.04 Å². The normalized spacial score (nSPS) is 12.2. The quantitative estimate of drug-likeness (QED) is 0.475. The van der Waals surface area contributed by atoms with Crippen LogP contribution in [0, 0.1) is 0 Å². The predicted octanol–water partition coefficient (Wildman–Crippen LogP) is -1.21. The number of rotatable bonds is 4. The summed E-state index contributed by atoms with van der Waals surface area (Å²) in [7, 11) is 0. The van der Waals surface area contributed by atoms with Crippen LogP contribution in [0.25, 0.3) is 0 Å². The van der Waals surface area contributed by atoms with E-state index in [4.69, 9.17) is 21.8 Å². The zero-order valence-corrected chi connectivity index (χ0v) is 6.34. The van der Waals surface area contributed by atoms with Gasteiger partial charge in [0.1, 0.15) is 11.9 Å². The standard InChI is InChI=1S/C5H8ClNO4/c6-1-4(9)7-3(2-8)5(10)11/h3,8H,1-2H2,(H,7,9)(H,10,11)/t3-/m1/s1. The van der Waals surface area contributed by atoms with E-state index in [1.807, 2.05) is 5.32 Å². The van der Waals surface area contributed by atoms with Crippen molar-refractivity contribution in [1.82, 2.24) is 5.32 Å². The molecule has 0 fully saturated rings. The van der Waals surface area contributed by atoms with Crippen LogP contribution < -0.4 is 5.32 Å². The molecular weight excluding hydrogens is 174 g/mol. The highest BCUT2D eigenvalue weighted by Crippen LogP contribution is 1.83. The number of carbonyl (C=O) groups is 2. The third-order valence-corrected chi connectivity index (χ3v) is 1.18. The number of aliphatic hydroxyl groups excluding tert-OH is 1. The molecule has 5 nitrogen and oxygen atoms in total. The Morgan fingerprint density at radius 1 is 1.55 bits per heavy atom. The molecule has 3 N–H and O–H groups in total. The highest BCUT2D eigenvalue weighted by molar-refractivity contribution is 6.27. The van der Waals surface area contributed by atoms with Crippen LogP contribution in [0.15, 0.2) is 0 Å². The molecule has 6 heteroatoms. The van der Waals surface area contributed by atoms with Crippen LogP contribution >= 0.6 is 11.6 Å². The van der Waals surface area contributed by atoms with Crippen LogP contribution in [-0.4, -0.2) is 40.6 Å². The molecule has 11 heavy (non-hydrogen) atoms. The van der Waals surface area contributed by atoms with E-state index >= 15 is 0 Å². The van der Waals surface area contributed by atoms with Gasteiger partial charge in [-0.2, -0.15) is 0 Å². The summed E-state index contributed by atoms with van der Waals surface area (Å²) in [4.78, 5) is 20.6. The zero-order chi connectivity index (χ0) is 8.85. The summed E-state index contributed by atoms with van der Waals surface area (Å²) < 4.78 is 0. The third kappa shape index (κ3) is 3.79. The second-order valence-corrected chi connectivity index (χ2v) is 2.04. The second-order valence-electron chi connectivity index (χ2n) is 1.77. The van der Waals surface area contributed by atoms with E-state index in [1.54, 1.807) is 0 Å². The van der Waals surface area contributed by atoms with Crippen LogP contribution in [-0.2, 0) is 9.59 Å². The Hall–Kier alpha value is -0.810. The fourth-order valence-electron chi connectivity index (χ4n) is 0.418. The van der Waals surface area contributed by atoms with Gasteiger partial charge in [-0.1, -0.05) is 0 Å². The van der Waals surface area contributed by atoms with Crippen LogP contribution in [0.4, 0.5) is 0 Å². The molecule has 0 rings (SSSR count). The summed E-state index contributed by atoms with van der Waals surface area (Å²) in [6.45, 7) is -0.641. The summed E-state index contributed by atoms with van der Waals surface area (Å²) >= 11 is 5.07. The smallest absolute Gasteiger partial charge is 0.328 e. The van der Waals surface area contributed by atoms with Crippen LogP contribution in [0.1, 0.15) is 0 Å². The summed E-state index contributed by atoms with van der Waals surface area (Å²) in [6.07, 6.45) is 0. The van der Waals surface area contributed by atoms with Crippen molar-refractivity contribution in [3.8, 4) is 0 Å². The number of alkyl halides is 1. The first-order valence-electron chi connectivity index (χ1n) is 2.80. The van der Waals surface area contributed by atoms with Crippen molar-refractivity contribution in [3.05, 3.63) is 0 Å².